The van der Waals surface area contributed by atoms with E-state index in [0.29, 0.717) is 19.8 Å². The Balaban J connectivity index is 3.83. The molecule has 0 aromatic heterocycles. The lowest BCUT2D eigenvalue weighted by Crippen LogP contribution is -2.32. The molecule has 0 radical (unpaired) electrons. The average Bonchev–Trinajstić information content (AvgIpc) is 2.40. The molecule has 0 aliphatic carbocycles. The maximum atomic E-state index is 11.1. The van der Waals surface area contributed by atoms with Gasteiger partial charge in [0.05, 0.1) is 31.0 Å². The lowest BCUT2D eigenvalue weighted by atomic mass is 10.0. The fourth-order valence-electron chi connectivity index (χ4n) is 1.57. The van der Waals surface area contributed by atoms with Crippen LogP contribution in [0.2, 0.25) is 0 Å². The van der Waals surface area contributed by atoms with E-state index >= 15 is 0 Å². The van der Waals surface area contributed by atoms with Crippen molar-refractivity contribution in [2.75, 3.05) is 39.3 Å². The molecular weight excluding hydrogens is 292 g/mol. The molecule has 0 saturated carbocycles. The number of aliphatic hydroxyl groups is 1. The van der Waals surface area contributed by atoms with E-state index in [-0.39, 0.29) is 29.5 Å². The second-order valence-corrected chi connectivity index (χ2v) is 6.93. The predicted molar refractivity (Wildman–Crippen MR) is 85.7 cm³/mol. The summed E-state index contributed by atoms with van der Waals surface area (Å²) in [6.45, 7) is 9.59. The van der Waals surface area contributed by atoms with Gasteiger partial charge in [-0.05, 0) is 46.8 Å². The topological polar surface area (TPSA) is 65.0 Å². The molecule has 0 aromatic carbocycles. The molecule has 0 rings (SSSR count). The summed E-state index contributed by atoms with van der Waals surface area (Å²) in [5.41, 5.74) is -0.602. The molecular formula is C15H30O5S. The molecule has 0 aromatic rings. The summed E-state index contributed by atoms with van der Waals surface area (Å²) in [7, 11) is 0. The summed E-state index contributed by atoms with van der Waals surface area (Å²) in [6, 6.07) is 0. The highest BCUT2D eigenvalue weighted by Gasteiger charge is 2.22. The van der Waals surface area contributed by atoms with Gasteiger partial charge in [-0.2, -0.15) is 0 Å². The number of ether oxygens (including phenoxy) is 3. The second kappa shape index (κ2) is 10.6. The number of hydrogen-bond acceptors (Lipinski definition) is 6. The molecule has 0 aliphatic heterocycles. The van der Waals surface area contributed by atoms with Crippen molar-refractivity contribution in [1.29, 1.82) is 0 Å². The third-order valence-electron chi connectivity index (χ3n) is 3.08. The van der Waals surface area contributed by atoms with Gasteiger partial charge in [0.25, 0.3) is 0 Å². The minimum absolute atomic E-state index is 0.0296. The van der Waals surface area contributed by atoms with Gasteiger partial charge in [0, 0.05) is 6.61 Å². The Morgan fingerprint density at radius 2 is 1.52 bits per heavy atom. The Morgan fingerprint density at radius 1 is 1.00 bits per heavy atom. The minimum Gasteiger partial charge on any atom is -0.394 e. The lowest BCUT2D eigenvalue weighted by Gasteiger charge is -2.29. The van der Waals surface area contributed by atoms with Crippen LogP contribution in [0, 0.1) is 0 Å². The van der Waals surface area contributed by atoms with E-state index < -0.39 is 0 Å². The molecule has 1 N–H and O–H groups in total. The quantitative estimate of drug-likeness (QED) is 0.556. The first-order chi connectivity index (χ1) is 9.72. The van der Waals surface area contributed by atoms with E-state index in [0.717, 1.165) is 12.8 Å². The maximum absolute atomic E-state index is 11.1. The molecule has 0 bridgehead atoms. The smallest absolute Gasteiger partial charge is 0.214 e. The number of aliphatic hydroxyl groups excluding tert-OH is 1. The molecule has 0 amide bonds. The highest BCUT2D eigenvalue weighted by molar-refractivity contribution is 8.13. The van der Waals surface area contributed by atoms with Crippen LogP contribution in [0.5, 0.6) is 0 Å². The van der Waals surface area contributed by atoms with E-state index in [2.05, 4.69) is 0 Å². The molecule has 0 atom stereocenters. The van der Waals surface area contributed by atoms with Crippen LogP contribution in [0.4, 0.5) is 0 Å². The summed E-state index contributed by atoms with van der Waals surface area (Å²) in [4.78, 5) is 11.1. The molecule has 0 unspecified atom stereocenters. The van der Waals surface area contributed by atoms with Crippen molar-refractivity contribution in [2.45, 2.75) is 51.7 Å². The van der Waals surface area contributed by atoms with Crippen molar-refractivity contribution in [3.8, 4) is 0 Å². The Kier molecular flexibility index (Phi) is 10.5. The zero-order valence-electron chi connectivity index (χ0n) is 13.9. The van der Waals surface area contributed by atoms with Crippen LogP contribution in [0.3, 0.4) is 0 Å². The van der Waals surface area contributed by atoms with Crippen LogP contribution in [-0.4, -0.2) is 60.7 Å². The first-order valence-electron chi connectivity index (χ1n) is 7.26. The second-order valence-electron chi connectivity index (χ2n) is 6.07. The van der Waals surface area contributed by atoms with Gasteiger partial charge in [0.15, 0.2) is 0 Å². The monoisotopic (exact) mass is 322 g/mol. The number of thioether (sulfide) groups is 1. The van der Waals surface area contributed by atoms with Crippen molar-refractivity contribution in [1.82, 2.24) is 0 Å². The number of carbonyl (C=O) groups is 1. The molecule has 21 heavy (non-hydrogen) atoms. The zero-order chi connectivity index (χ0) is 16.4. The molecule has 0 heterocycles. The SMILES string of the molecule is CSC(=O)COCCC(C)(C)OCCC(C)(C)OCCO. The fraction of sp³-hybridized carbons (Fsp3) is 0.933. The molecule has 0 spiro atoms. The van der Waals surface area contributed by atoms with Gasteiger partial charge in [-0.15, -0.1) is 0 Å². The average molecular weight is 322 g/mol. The van der Waals surface area contributed by atoms with Gasteiger partial charge in [-0.25, -0.2) is 0 Å². The molecule has 126 valence electrons. The van der Waals surface area contributed by atoms with Crippen LogP contribution < -0.4 is 0 Å². The third kappa shape index (κ3) is 12.1. The molecule has 6 heteroatoms. The Bertz CT molecular complexity index is 292. The van der Waals surface area contributed by atoms with Crippen molar-refractivity contribution < 1.29 is 24.1 Å². The Hall–Kier alpha value is -0.140. The van der Waals surface area contributed by atoms with E-state index in [1.807, 2.05) is 27.7 Å². The van der Waals surface area contributed by atoms with Crippen LogP contribution in [0.15, 0.2) is 0 Å². The molecule has 0 fully saturated rings. The first-order valence-corrected chi connectivity index (χ1v) is 8.48. The fourth-order valence-corrected chi connectivity index (χ4v) is 1.77. The summed E-state index contributed by atoms with van der Waals surface area (Å²) < 4.78 is 16.7. The number of hydrogen-bond donors (Lipinski definition) is 1. The van der Waals surface area contributed by atoms with E-state index in [4.69, 9.17) is 19.3 Å². The summed E-state index contributed by atoms with van der Waals surface area (Å²) in [6.07, 6.45) is 3.23. The normalized spacial score (nSPS) is 12.7. The van der Waals surface area contributed by atoms with E-state index in [1.165, 1.54) is 11.8 Å². The van der Waals surface area contributed by atoms with Crippen LogP contribution in [-0.2, 0) is 19.0 Å². The Labute approximate surface area is 132 Å². The minimum atomic E-state index is -0.305. The first kappa shape index (κ1) is 20.9. The molecule has 5 nitrogen and oxygen atoms in total. The van der Waals surface area contributed by atoms with Gasteiger partial charge < -0.3 is 19.3 Å². The number of rotatable bonds is 12. The van der Waals surface area contributed by atoms with E-state index in [1.54, 1.807) is 6.26 Å². The molecule has 0 saturated heterocycles. The van der Waals surface area contributed by atoms with Crippen molar-refractivity contribution in [3.05, 3.63) is 0 Å². The zero-order valence-corrected chi connectivity index (χ0v) is 14.8. The van der Waals surface area contributed by atoms with Gasteiger partial charge in [0.1, 0.15) is 6.61 Å². The van der Waals surface area contributed by atoms with Crippen molar-refractivity contribution >= 4 is 16.9 Å². The maximum Gasteiger partial charge on any atom is 0.214 e. The van der Waals surface area contributed by atoms with Gasteiger partial charge in [0.2, 0.25) is 5.12 Å². The van der Waals surface area contributed by atoms with Crippen LogP contribution in [0.1, 0.15) is 40.5 Å². The molecule has 0 aliphatic rings. The van der Waals surface area contributed by atoms with Gasteiger partial charge in [-0.1, -0.05) is 11.8 Å². The predicted octanol–water partition coefficient (Wildman–Crippen LogP) is 2.26. The highest BCUT2D eigenvalue weighted by atomic mass is 32.2. The Morgan fingerprint density at radius 3 is 2.05 bits per heavy atom. The number of carbonyl (C=O) groups excluding carboxylic acids is 1. The third-order valence-corrected chi connectivity index (χ3v) is 3.65. The largest absolute Gasteiger partial charge is 0.394 e. The van der Waals surface area contributed by atoms with Gasteiger partial charge in [-0.3, -0.25) is 4.79 Å². The highest BCUT2D eigenvalue weighted by Crippen LogP contribution is 2.19. The van der Waals surface area contributed by atoms with Crippen molar-refractivity contribution in [3.63, 3.8) is 0 Å². The summed E-state index contributed by atoms with van der Waals surface area (Å²) in [5, 5.41) is 8.80. The standard InChI is InChI=1S/C15H30O5S/c1-14(2,6-9-18-12-13(17)21-5)19-10-7-15(3,4)20-11-8-16/h16H,6-12H2,1-5H3. The van der Waals surface area contributed by atoms with Crippen LogP contribution in [0.25, 0.3) is 0 Å². The van der Waals surface area contributed by atoms with Crippen LogP contribution >= 0.6 is 11.8 Å². The summed E-state index contributed by atoms with van der Waals surface area (Å²) >= 11 is 1.18. The van der Waals surface area contributed by atoms with Gasteiger partial charge >= 0.3 is 0 Å². The lowest BCUT2D eigenvalue weighted by molar-refractivity contribution is -0.116. The van der Waals surface area contributed by atoms with Crippen molar-refractivity contribution in [2.24, 2.45) is 0 Å². The van der Waals surface area contributed by atoms with E-state index in [9.17, 15) is 4.79 Å². The summed E-state index contributed by atoms with van der Waals surface area (Å²) in [5.74, 6) is 0.